The molecule has 140 valence electrons. The Hall–Kier alpha value is -3.04. The molecule has 2 heterocycles. The number of amides is 2. The van der Waals surface area contributed by atoms with Gasteiger partial charge in [0.05, 0.1) is 28.6 Å². The van der Waals surface area contributed by atoms with Crippen LogP contribution in [-0.2, 0) is 0 Å². The van der Waals surface area contributed by atoms with Gasteiger partial charge < -0.3 is 20.5 Å². The average molecular weight is 386 g/mol. The number of benzene rings is 1. The fourth-order valence-corrected chi connectivity index (χ4v) is 3.31. The Morgan fingerprint density at radius 1 is 1.30 bits per heavy atom. The van der Waals surface area contributed by atoms with E-state index >= 15 is 0 Å². The van der Waals surface area contributed by atoms with Crippen LogP contribution in [0.25, 0.3) is 10.2 Å². The smallest absolute Gasteiger partial charge is 0.258 e. The van der Waals surface area contributed by atoms with Crippen LogP contribution in [0.5, 0.6) is 5.75 Å². The highest BCUT2D eigenvalue weighted by atomic mass is 32.1. The summed E-state index contributed by atoms with van der Waals surface area (Å²) in [7, 11) is 1.46. The van der Waals surface area contributed by atoms with Gasteiger partial charge in [-0.25, -0.2) is 9.97 Å². The number of nitrogens with one attached hydrogen (secondary N) is 2. The predicted octanol–water partition coefficient (Wildman–Crippen LogP) is 2.06. The van der Waals surface area contributed by atoms with Crippen molar-refractivity contribution >= 4 is 39.1 Å². The third-order valence-corrected chi connectivity index (χ3v) is 4.72. The molecule has 3 rings (SSSR count). The van der Waals surface area contributed by atoms with E-state index in [2.05, 4.69) is 20.6 Å². The maximum absolute atomic E-state index is 12.6. The molecule has 0 saturated heterocycles. The largest absolute Gasteiger partial charge is 0.495 e. The number of ether oxygens (including phenoxy) is 1. The first-order valence-corrected chi connectivity index (χ1v) is 9.07. The summed E-state index contributed by atoms with van der Waals surface area (Å²) in [6.45, 7) is 0.389. The zero-order valence-electron chi connectivity index (χ0n) is 14.6. The molecule has 0 bridgehead atoms. The highest BCUT2D eigenvalue weighted by Crippen LogP contribution is 2.28. The number of aromatic nitrogens is 2. The molecule has 8 nitrogen and oxygen atoms in total. The van der Waals surface area contributed by atoms with E-state index in [0.717, 1.165) is 4.70 Å². The molecule has 1 aromatic carbocycles. The second-order valence-electron chi connectivity index (χ2n) is 5.59. The van der Waals surface area contributed by atoms with Gasteiger partial charge in [-0.05, 0) is 24.6 Å². The summed E-state index contributed by atoms with van der Waals surface area (Å²) in [5.41, 5.74) is 1.89. The molecule has 0 saturated carbocycles. The van der Waals surface area contributed by atoms with Crippen LogP contribution in [0.4, 0.5) is 5.69 Å². The number of aliphatic hydroxyl groups excluding tert-OH is 1. The number of carbonyl (C=O) groups excluding carboxylic acids is 2. The van der Waals surface area contributed by atoms with Crippen molar-refractivity contribution in [3.05, 3.63) is 47.2 Å². The number of nitrogens with zero attached hydrogens (tertiary/aromatic N) is 2. The van der Waals surface area contributed by atoms with Crippen molar-refractivity contribution in [1.82, 2.24) is 15.3 Å². The van der Waals surface area contributed by atoms with Gasteiger partial charge in [-0.3, -0.25) is 9.59 Å². The molecule has 0 unspecified atom stereocenters. The molecule has 3 aromatic rings. The molecule has 0 atom stereocenters. The van der Waals surface area contributed by atoms with E-state index < -0.39 is 0 Å². The van der Waals surface area contributed by atoms with E-state index in [1.54, 1.807) is 29.8 Å². The Morgan fingerprint density at radius 2 is 2.15 bits per heavy atom. The number of carbonyl (C=O) groups is 2. The SMILES string of the molecule is COc1cc(C(=O)NCCCO)ccc1NC(=O)c1csc2cncnc12. The fraction of sp³-hybridized carbons (Fsp3) is 0.222. The molecule has 9 heteroatoms. The number of aliphatic hydroxyl groups is 1. The summed E-state index contributed by atoms with van der Waals surface area (Å²) in [6.07, 6.45) is 3.54. The van der Waals surface area contributed by atoms with Crippen LogP contribution >= 0.6 is 11.3 Å². The lowest BCUT2D eigenvalue weighted by atomic mass is 10.1. The van der Waals surface area contributed by atoms with Crippen LogP contribution < -0.4 is 15.4 Å². The van der Waals surface area contributed by atoms with Crippen molar-refractivity contribution < 1.29 is 19.4 Å². The Balaban J connectivity index is 1.78. The van der Waals surface area contributed by atoms with E-state index in [0.29, 0.717) is 41.0 Å². The molecular weight excluding hydrogens is 368 g/mol. The fourth-order valence-electron chi connectivity index (χ4n) is 2.45. The lowest BCUT2D eigenvalue weighted by molar-refractivity contribution is 0.0950. The third-order valence-electron chi connectivity index (χ3n) is 3.81. The summed E-state index contributed by atoms with van der Waals surface area (Å²) in [5, 5.41) is 16.0. The van der Waals surface area contributed by atoms with Gasteiger partial charge in [0, 0.05) is 30.3 Å². The van der Waals surface area contributed by atoms with Gasteiger partial charge in [0.25, 0.3) is 11.8 Å². The molecule has 27 heavy (non-hydrogen) atoms. The molecule has 2 amide bonds. The molecule has 0 radical (unpaired) electrons. The first-order chi connectivity index (χ1) is 13.1. The second-order valence-corrected chi connectivity index (χ2v) is 6.50. The second kappa shape index (κ2) is 8.56. The van der Waals surface area contributed by atoms with Crippen molar-refractivity contribution in [3.8, 4) is 5.75 Å². The number of rotatable bonds is 7. The monoisotopic (exact) mass is 386 g/mol. The van der Waals surface area contributed by atoms with Crippen LogP contribution in [0.1, 0.15) is 27.1 Å². The minimum absolute atomic E-state index is 0.0107. The van der Waals surface area contributed by atoms with Crippen molar-refractivity contribution in [2.45, 2.75) is 6.42 Å². The Labute approximate surface area is 159 Å². The van der Waals surface area contributed by atoms with Crippen LogP contribution in [0, 0.1) is 0 Å². The van der Waals surface area contributed by atoms with Crippen LogP contribution in [-0.4, -0.2) is 47.2 Å². The number of fused-ring (bicyclic) bond motifs is 1. The topological polar surface area (TPSA) is 113 Å². The van der Waals surface area contributed by atoms with Gasteiger partial charge in [-0.1, -0.05) is 0 Å². The number of thiophene rings is 1. The maximum Gasteiger partial charge on any atom is 0.258 e. The summed E-state index contributed by atoms with van der Waals surface area (Å²) in [4.78, 5) is 32.8. The molecule has 0 fully saturated rings. The first kappa shape index (κ1) is 18.7. The number of hydrogen-bond acceptors (Lipinski definition) is 7. The van der Waals surface area contributed by atoms with Crippen LogP contribution in [0.2, 0.25) is 0 Å². The zero-order chi connectivity index (χ0) is 19.2. The van der Waals surface area contributed by atoms with E-state index in [-0.39, 0.29) is 18.4 Å². The molecule has 0 aliphatic heterocycles. The van der Waals surface area contributed by atoms with Crippen molar-refractivity contribution in [2.24, 2.45) is 0 Å². The number of hydrogen-bond donors (Lipinski definition) is 3. The summed E-state index contributed by atoms with van der Waals surface area (Å²) in [6, 6.07) is 4.76. The molecule has 0 aliphatic rings. The average Bonchev–Trinajstić information content (AvgIpc) is 3.12. The lowest BCUT2D eigenvalue weighted by Crippen LogP contribution is -2.25. The highest BCUT2D eigenvalue weighted by Gasteiger charge is 2.16. The van der Waals surface area contributed by atoms with E-state index in [1.807, 2.05) is 0 Å². The lowest BCUT2D eigenvalue weighted by Gasteiger charge is -2.12. The minimum Gasteiger partial charge on any atom is -0.495 e. The van der Waals surface area contributed by atoms with Gasteiger partial charge in [-0.15, -0.1) is 11.3 Å². The normalized spacial score (nSPS) is 10.6. The molecular formula is C18H18N4O4S. The minimum atomic E-state index is -0.321. The molecule has 2 aromatic heterocycles. The van der Waals surface area contributed by atoms with Crippen molar-refractivity contribution in [2.75, 3.05) is 25.6 Å². The highest BCUT2D eigenvalue weighted by molar-refractivity contribution is 7.17. The van der Waals surface area contributed by atoms with Gasteiger partial charge >= 0.3 is 0 Å². The van der Waals surface area contributed by atoms with E-state index in [1.165, 1.54) is 24.8 Å². The standard InChI is InChI=1S/C18H18N4O4S/c1-26-14-7-11(17(24)20-5-2-6-23)3-4-13(14)22-18(25)12-9-27-15-8-19-10-21-16(12)15/h3-4,7-10,23H,2,5-6H2,1H3,(H,20,24)(H,22,25). The number of anilines is 1. The van der Waals surface area contributed by atoms with E-state index in [4.69, 9.17) is 9.84 Å². The van der Waals surface area contributed by atoms with Gasteiger partial charge in [0.1, 0.15) is 12.1 Å². The summed E-state index contributed by atoms with van der Waals surface area (Å²) >= 11 is 1.39. The van der Waals surface area contributed by atoms with E-state index in [9.17, 15) is 9.59 Å². The van der Waals surface area contributed by atoms with Crippen molar-refractivity contribution in [3.63, 3.8) is 0 Å². The zero-order valence-corrected chi connectivity index (χ0v) is 15.4. The van der Waals surface area contributed by atoms with Crippen molar-refractivity contribution in [1.29, 1.82) is 0 Å². The van der Waals surface area contributed by atoms with Gasteiger partial charge in [-0.2, -0.15) is 0 Å². The number of methoxy groups -OCH3 is 1. The summed E-state index contributed by atoms with van der Waals surface area (Å²) < 4.78 is 6.13. The quantitative estimate of drug-likeness (QED) is 0.536. The van der Waals surface area contributed by atoms with Crippen LogP contribution in [0.15, 0.2) is 36.1 Å². The Morgan fingerprint density at radius 3 is 2.93 bits per heavy atom. The maximum atomic E-state index is 12.6. The third kappa shape index (κ3) is 4.21. The van der Waals surface area contributed by atoms with Gasteiger partial charge in [0.15, 0.2) is 0 Å². The first-order valence-electron chi connectivity index (χ1n) is 8.19. The predicted molar refractivity (Wildman–Crippen MR) is 102 cm³/mol. The van der Waals surface area contributed by atoms with Crippen LogP contribution in [0.3, 0.4) is 0 Å². The molecule has 3 N–H and O–H groups in total. The molecule has 0 aliphatic carbocycles. The molecule has 0 spiro atoms. The Kier molecular flexibility index (Phi) is 5.94. The Bertz CT molecular complexity index is 973. The summed E-state index contributed by atoms with van der Waals surface area (Å²) in [5.74, 6) is -0.231. The van der Waals surface area contributed by atoms with Gasteiger partial charge in [0.2, 0.25) is 0 Å².